The molecule has 1 amide bonds. The van der Waals surface area contributed by atoms with Crippen LogP contribution in [-0.4, -0.2) is 33.8 Å². The van der Waals surface area contributed by atoms with E-state index in [2.05, 4.69) is 20.7 Å². The van der Waals surface area contributed by atoms with Gasteiger partial charge in [0.2, 0.25) is 0 Å². The lowest BCUT2D eigenvalue weighted by molar-refractivity contribution is 0.0955. The summed E-state index contributed by atoms with van der Waals surface area (Å²) in [6.45, 7) is 4.84. The number of anilines is 1. The molecule has 0 aliphatic rings. The number of thiazole rings is 1. The number of nitrogens with one attached hydrogen (secondary N) is 3. The van der Waals surface area contributed by atoms with Gasteiger partial charge in [0.25, 0.3) is 17.0 Å². The van der Waals surface area contributed by atoms with Crippen LogP contribution in [0.25, 0.3) is 10.8 Å². The molecule has 0 bridgehead atoms. The van der Waals surface area contributed by atoms with E-state index in [1.54, 1.807) is 31.2 Å². The molecule has 9 heteroatoms. The average molecular weight is 373 g/mol. The Morgan fingerprint density at radius 2 is 2.00 bits per heavy atom. The Balaban J connectivity index is 1.71. The molecule has 1 aromatic carbocycles. The van der Waals surface area contributed by atoms with Crippen LogP contribution >= 0.6 is 11.3 Å². The number of H-pyrrole nitrogens is 1. The van der Waals surface area contributed by atoms with Gasteiger partial charge in [-0.25, -0.2) is 9.67 Å². The number of carbonyl (C=O) groups is 1. The molecule has 0 saturated heterocycles. The second-order valence-corrected chi connectivity index (χ2v) is 6.66. The summed E-state index contributed by atoms with van der Waals surface area (Å²) in [5, 5.41) is 9.79. The van der Waals surface area contributed by atoms with E-state index in [1.807, 2.05) is 6.92 Å². The molecule has 0 spiro atoms. The molecule has 0 radical (unpaired) electrons. The zero-order valence-corrected chi connectivity index (χ0v) is 15.3. The van der Waals surface area contributed by atoms with Crippen molar-refractivity contribution in [1.29, 1.82) is 0 Å². The Labute approximate surface area is 152 Å². The zero-order chi connectivity index (χ0) is 18.7. The lowest BCUT2D eigenvalue weighted by atomic mass is 10.2. The number of aromatic nitrogens is 3. The summed E-state index contributed by atoms with van der Waals surface area (Å²) in [5.74, 6) is -0.250. The van der Waals surface area contributed by atoms with Gasteiger partial charge in [0.05, 0.1) is 23.0 Å². The standard InChI is InChI=1S/C17H19N5O3S/c1-3-18-17-20-10(2)13(26-17)15(24)19-8-9-22-16(25)12-7-5-4-6-11(12)14(23)21-22/h4-7H,3,8-9H2,1-2H3,(H,18,20)(H,19,24)(H,21,23). The normalized spacial score (nSPS) is 10.8. The van der Waals surface area contributed by atoms with E-state index in [9.17, 15) is 14.4 Å². The van der Waals surface area contributed by atoms with E-state index < -0.39 is 0 Å². The summed E-state index contributed by atoms with van der Waals surface area (Å²) in [6.07, 6.45) is 0. The minimum atomic E-state index is -0.333. The van der Waals surface area contributed by atoms with Crippen molar-refractivity contribution in [2.75, 3.05) is 18.4 Å². The number of fused-ring (bicyclic) bond motifs is 1. The molecule has 26 heavy (non-hydrogen) atoms. The van der Waals surface area contributed by atoms with Crippen molar-refractivity contribution in [3.05, 3.63) is 55.5 Å². The number of amides is 1. The highest BCUT2D eigenvalue weighted by Gasteiger charge is 2.15. The molecular formula is C17H19N5O3S. The van der Waals surface area contributed by atoms with Crippen LogP contribution in [0, 0.1) is 6.92 Å². The Morgan fingerprint density at radius 1 is 1.27 bits per heavy atom. The van der Waals surface area contributed by atoms with E-state index in [0.29, 0.717) is 26.5 Å². The summed E-state index contributed by atoms with van der Waals surface area (Å²) in [4.78, 5) is 41.6. The molecule has 0 unspecified atom stereocenters. The smallest absolute Gasteiger partial charge is 0.273 e. The Morgan fingerprint density at radius 3 is 2.73 bits per heavy atom. The Kier molecular flexibility index (Phi) is 5.17. The SMILES string of the molecule is CCNc1nc(C)c(C(=O)NCCn2[nH]c(=O)c3ccccc3c2=O)s1. The largest absolute Gasteiger partial charge is 0.362 e. The van der Waals surface area contributed by atoms with Crippen LogP contribution in [0.15, 0.2) is 33.9 Å². The second-order valence-electron chi connectivity index (χ2n) is 5.66. The molecule has 0 fully saturated rings. The summed E-state index contributed by atoms with van der Waals surface area (Å²) in [5.41, 5.74) is 0.0256. The van der Waals surface area contributed by atoms with Crippen LogP contribution in [0.1, 0.15) is 22.3 Å². The highest BCUT2D eigenvalue weighted by molar-refractivity contribution is 7.17. The van der Waals surface area contributed by atoms with Crippen molar-refractivity contribution in [3.63, 3.8) is 0 Å². The topological polar surface area (TPSA) is 109 Å². The zero-order valence-electron chi connectivity index (χ0n) is 14.5. The third kappa shape index (κ3) is 3.52. The van der Waals surface area contributed by atoms with E-state index in [1.165, 1.54) is 16.0 Å². The van der Waals surface area contributed by atoms with Crippen molar-refractivity contribution in [2.45, 2.75) is 20.4 Å². The predicted octanol–water partition coefficient (Wildman–Crippen LogP) is 1.32. The summed E-state index contributed by atoms with van der Waals surface area (Å²) in [6, 6.07) is 6.64. The second kappa shape index (κ2) is 7.52. The Bertz CT molecular complexity index is 1070. The first-order valence-electron chi connectivity index (χ1n) is 8.22. The number of hydrogen-bond acceptors (Lipinski definition) is 6. The molecule has 0 atom stereocenters. The van der Waals surface area contributed by atoms with E-state index in [0.717, 1.165) is 6.54 Å². The maximum absolute atomic E-state index is 12.4. The molecule has 0 aliphatic carbocycles. The van der Waals surface area contributed by atoms with E-state index in [4.69, 9.17) is 0 Å². The lowest BCUT2D eigenvalue weighted by Crippen LogP contribution is -2.35. The fraction of sp³-hybridized carbons (Fsp3) is 0.294. The van der Waals surface area contributed by atoms with Crippen LogP contribution in [0.5, 0.6) is 0 Å². The third-order valence-corrected chi connectivity index (χ3v) is 4.95. The van der Waals surface area contributed by atoms with Gasteiger partial charge < -0.3 is 10.6 Å². The van der Waals surface area contributed by atoms with Gasteiger partial charge in [-0.15, -0.1) is 0 Å². The van der Waals surface area contributed by atoms with Crippen molar-refractivity contribution in [3.8, 4) is 0 Å². The minimum Gasteiger partial charge on any atom is -0.362 e. The maximum atomic E-state index is 12.4. The molecule has 3 aromatic rings. The van der Waals surface area contributed by atoms with Gasteiger partial charge in [0, 0.05) is 13.1 Å². The predicted molar refractivity (Wildman–Crippen MR) is 102 cm³/mol. The van der Waals surface area contributed by atoms with Gasteiger partial charge in [-0.05, 0) is 26.0 Å². The van der Waals surface area contributed by atoms with Gasteiger partial charge in [-0.1, -0.05) is 23.5 Å². The van der Waals surface area contributed by atoms with E-state index >= 15 is 0 Å². The molecule has 2 heterocycles. The monoisotopic (exact) mass is 373 g/mol. The number of hydrogen-bond donors (Lipinski definition) is 3. The molecule has 3 rings (SSSR count). The molecule has 136 valence electrons. The summed E-state index contributed by atoms with van der Waals surface area (Å²) >= 11 is 1.29. The van der Waals surface area contributed by atoms with Gasteiger partial charge in [0.1, 0.15) is 4.88 Å². The van der Waals surface area contributed by atoms with Crippen LogP contribution < -0.4 is 21.8 Å². The first-order valence-corrected chi connectivity index (χ1v) is 9.04. The number of aromatic amines is 1. The van der Waals surface area contributed by atoms with Crippen molar-refractivity contribution < 1.29 is 4.79 Å². The van der Waals surface area contributed by atoms with Crippen LogP contribution in [0.2, 0.25) is 0 Å². The fourth-order valence-corrected chi connectivity index (χ4v) is 3.55. The average Bonchev–Trinajstić information content (AvgIpc) is 3.00. The first kappa shape index (κ1) is 17.9. The van der Waals surface area contributed by atoms with Crippen molar-refractivity contribution in [1.82, 2.24) is 20.1 Å². The van der Waals surface area contributed by atoms with Gasteiger partial charge in [0.15, 0.2) is 5.13 Å². The maximum Gasteiger partial charge on any atom is 0.273 e. The highest BCUT2D eigenvalue weighted by Crippen LogP contribution is 2.22. The number of rotatable bonds is 6. The number of benzene rings is 1. The molecule has 8 nitrogen and oxygen atoms in total. The van der Waals surface area contributed by atoms with Crippen molar-refractivity contribution >= 4 is 33.1 Å². The number of nitrogens with zero attached hydrogens (tertiary/aromatic N) is 2. The molecule has 0 saturated carbocycles. The van der Waals surface area contributed by atoms with Crippen LogP contribution in [0.4, 0.5) is 5.13 Å². The Hall–Kier alpha value is -2.94. The van der Waals surface area contributed by atoms with Crippen LogP contribution in [-0.2, 0) is 6.54 Å². The summed E-state index contributed by atoms with van der Waals surface area (Å²) < 4.78 is 1.22. The first-order chi connectivity index (χ1) is 12.5. The van der Waals surface area contributed by atoms with Gasteiger partial charge in [-0.3, -0.25) is 19.5 Å². The fourth-order valence-electron chi connectivity index (χ4n) is 2.60. The van der Waals surface area contributed by atoms with Crippen molar-refractivity contribution in [2.24, 2.45) is 0 Å². The third-order valence-electron chi connectivity index (χ3n) is 3.84. The quantitative estimate of drug-likeness (QED) is 0.604. The molecule has 0 aliphatic heterocycles. The summed E-state index contributed by atoms with van der Waals surface area (Å²) in [7, 11) is 0. The number of aryl methyl sites for hydroxylation is 1. The molecule has 2 aromatic heterocycles. The molecule has 3 N–H and O–H groups in total. The lowest BCUT2D eigenvalue weighted by Gasteiger charge is -2.08. The number of carbonyl (C=O) groups excluding carboxylic acids is 1. The minimum absolute atomic E-state index is 0.169. The van der Waals surface area contributed by atoms with E-state index in [-0.39, 0.29) is 30.1 Å². The molecular weight excluding hydrogens is 354 g/mol. The van der Waals surface area contributed by atoms with Crippen LogP contribution in [0.3, 0.4) is 0 Å². The highest BCUT2D eigenvalue weighted by atomic mass is 32.1. The van der Waals surface area contributed by atoms with Gasteiger partial charge in [-0.2, -0.15) is 0 Å². The van der Waals surface area contributed by atoms with Gasteiger partial charge >= 0.3 is 0 Å².